The molecule has 0 N–H and O–H groups in total. The Hall–Kier alpha value is -2.55. The molecular formula is C20H16Cl2F2N4OS. The molecular weight excluding hydrogens is 453 g/mol. The topological polar surface area (TPSA) is 51.0 Å². The Kier molecular flexibility index (Phi) is 7.02. The maximum Gasteiger partial charge on any atom is 0.260 e. The lowest BCUT2D eigenvalue weighted by Gasteiger charge is -2.20. The summed E-state index contributed by atoms with van der Waals surface area (Å²) in [6.45, 7) is 0.987. The Morgan fingerprint density at radius 2 is 2.07 bits per heavy atom. The van der Waals surface area contributed by atoms with Gasteiger partial charge in [0.15, 0.2) is 10.9 Å². The normalized spacial score (nSPS) is 10.8. The van der Waals surface area contributed by atoms with Crippen molar-refractivity contribution in [1.82, 2.24) is 14.5 Å². The lowest BCUT2D eigenvalue weighted by atomic mass is 10.2. The number of aromatic nitrogens is 3. The maximum atomic E-state index is 14.1. The summed E-state index contributed by atoms with van der Waals surface area (Å²) in [6, 6.07) is 8.59. The van der Waals surface area contributed by atoms with E-state index in [1.54, 1.807) is 36.8 Å². The zero-order valence-electron chi connectivity index (χ0n) is 15.5. The summed E-state index contributed by atoms with van der Waals surface area (Å²) in [5.74, 6) is -1.74. The fourth-order valence-electron chi connectivity index (χ4n) is 2.95. The summed E-state index contributed by atoms with van der Waals surface area (Å²) < 4.78 is 29.9. The van der Waals surface area contributed by atoms with E-state index < -0.39 is 11.6 Å². The number of imidazole rings is 1. The van der Waals surface area contributed by atoms with Gasteiger partial charge < -0.3 is 4.57 Å². The number of fused-ring (bicyclic) bond motifs is 1. The van der Waals surface area contributed by atoms with Crippen LogP contribution in [0.15, 0.2) is 55.1 Å². The summed E-state index contributed by atoms with van der Waals surface area (Å²) in [5.41, 5.74) is 0.441. The maximum absolute atomic E-state index is 14.1. The van der Waals surface area contributed by atoms with Crippen LogP contribution in [0.4, 0.5) is 13.9 Å². The molecule has 0 spiro atoms. The number of anilines is 1. The Morgan fingerprint density at radius 1 is 1.23 bits per heavy atom. The Morgan fingerprint density at radius 3 is 2.80 bits per heavy atom. The molecule has 4 rings (SSSR count). The Labute approximate surface area is 186 Å². The largest absolute Gasteiger partial charge is 0.337 e. The van der Waals surface area contributed by atoms with Crippen LogP contribution in [0.3, 0.4) is 0 Å². The van der Waals surface area contributed by atoms with Gasteiger partial charge in [-0.25, -0.2) is 18.7 Å². The van der Waals surface area contributed by atoms with Crippen LogP contribution in [0.5, 0.6) is 0 Å². The summed E-state index contributed by atoms with van der Waals surface area (Å²) in [6.07, 6.45) is 5.83. The average molecular weight is 469 g/mol. The highest BCUT2D eigenvalue weighted by Crippen LogP contribution is 2.32. The zero-order valence-corrected chi connectivity index (χ0v) is 17.9. The number of thiazole rings is 1. The van der Waals surface area contributed by atoms with Crippen LogP contribution in [-0.2, 0) is 6.54 Å². The van der Waals surface area contributed by atoms with Crippen molar-refractivity contribution in [2.24, 2.45) is 0 Å². The second kappa shape index (κ2) is 9.51. The number of carbonyl (C=O) groups excluding carboxylic acids is 1. The molecule has 2 aromatic heterocycles. The van der Waals surface area contributed by atoms with Crippen LogP contribution in [-0.4, -0.2) is 27.0 Å². The van der Waals surface area contributed by atoms with Crippen molar-refractivity contribution in [1.29, 1.82) is 0 Å². The number of benzene rings is 2. The van der Waals surface area contributed by atoms with Crippen LogP contribution in [0, 0.1) is 11.6 Å². The minimum absolute atomic E-state index is 0. The molecule has 4 aromatic rings. The van der Waals surface area contributed by atoms with Crippen LogP contribution in [0.2, 0.25) is 5.02 Å². The van der Waals surface area contributed by atoms with Gasteiger partial charge in [-0.3, -0.25) is 9.69 Å². The number of aryl methyl sites for hydroxylation is 1. The first kappa shape index (κ1) is 22.1. The van der Waals surface area contributed by atoms with Gasteiger partial charge >= 0.3 is 0 Å². The average Bonchev–Trinajstić information content (AvgIpc) is 3.34. The third-order valence-corrected chi connectivity index (χ3v) is 5.57. The van der Waals surface area contributed by atoms with Gasteiger partial charge in [0.05, 0.1) is 11.0 Å². The number of hydrogen-bond acceptors (Lipinski definition) is 4. The quantitative estimate of drug-likeness (QED) is 0.370. The number of nitrogens with zero attached hydrogens (tertiary/aromatic N) is 4. The van der Waals surface area contributed by atoms with Crippen molar-refractivity contribution < 1.29 is 13.6 Å². The van der Waals surface area contributed by atoms with Crippen LogP contribution in [0.25, 0.3) is 10.2 Å². The summed E-state index contributed by atoms with van der Waals surface area (Å²) >= 11 is 7.10. The zero-order chi connectivity index (χ0) is 20.4. The van der Waals surface area contributed by atoms with E-state index in [1.807, 2.05) is 10.8 Å². The van der Waals surface area contributed by atoms with Crippen LogP contribution >= 0.6 is 35.3 Å². The second-order valence-electron chi connectivity index (χ2n) is 6.35. The molecule has 0 atom stereocenters. The van der Waals surface area contributed by atoms with E-state index in [-0.39, 0.29) is 23.8 Å². The molecule has 0 aliphatic heterocycles. The lowest BCUT2D eigenvalue weighted by molar-refractivity contribution is 0.0986. The van der Waals surface area contributed by atoms with Crippen molar-refractivity contribution in [2.75, 3.05) is 11.4 Å². The van der Waals surface area contributed by atoms with Crippen molar-refractivity contribution in [3.63, 3.8) is 0 Å². The molecule has 0 unspecified atom stereocenters. The van der Waals surface area contributed by atoms with Gasteiger partial charge in [-0.1, -0.05) is 29.0 Å². The summed E-state index contributed by atoms with van der Waals surface area (Å²) in [5, 5.41) is 0.742. The fourth-order valence-corrected chi connectivity index (χ4v) is 4.17. The van der Waals surface area contributed by atoms with E-state index in [9.17, 15) is 13.6 Å². The standard InChI is InChI=1S/C20H15ClF2N4OS.ClH/c21-14-4-1-3-13(9-14)19(28)27(7-2-6-26-8-5-24-12-26)20-25-18-16(23)10-15(22)11-17(18)29-20;/h1,3-5,8-12H,2,6-7H2;1H. The monoisotopic (exact) mass is 468 g/mol. The predicted octanol–water partition coefficient (Wildman–Crippen LogP) is 5.58. The third kappa shape index (κ3) is 4.77. The molecule has 0 aliphatic carbocycles. The molecule has 10 heteroatoms. The molecule has 1 amide bonds. The van der Waals surface area contributed by atoms with Crippen molar-refractivity contribution in [2.45, 2.75) is 13.0 Å². The van der Waals surface area contributed by atoms with E-state index in [4.69, 9.17) is 11.6 Å². The first-order valence-corrected chi connectivity index (χ1v) is 9.99. The molecule has 0 fully saturated rings. The molecule has 2 aromatic carbocycles. The molecule has 2 heterocycles. The van der Waals surface area contributed by atoms with Gasteiger partial charge in [-0.2, -0.15) is 0 Å². The Balaban J connectivity index is 0.00000256. The molecule has 0 aliphatic rings. The third-order valence-electron chi connectivity index (χ3n) is 4.31. The van der Waals surface area contributed by atoms with E-state index >= 15 is 0 Å². The van der Waals surface area contributed by atoms with E-state index in [0.717, 1.165) is 17.4 Å². The van der Waals surface area contributed by atoms with Gasteiger partial charge in [-0.05, 0) is 30.7 Å². The minimum Gasteiger partial charge on any atom is -0.337 e. The number of amides is 1. The first-order chi connectivity index (χ1) is 14.0. The molecule has 5 nitrogen and oxygen atoms in total. The van der Waals surface area contributed by atoms with Crippen molar-refractivity contribution in [3.8, 4) is 0 Å². The van der Waals surface area contributed by atoms with Gasteiger partial charge in [0.1, 0.15) is 11.3 Å². The van der Waals surface area contributed by atoms with E-state index in [2.05, 4.69) is 9.97 Å². The lowest BCUT2D eigenvalue weighted by Crippen LogP contribution is -2.32. The van der Waals surface area contributed by atoms with Crippen molar-refractivity contribution in [3.05, 3.63) is 77.3 Å². The van der Waals surface area contributed by atoms with Crippen LogP contribution < -0.4 is 4.90 Å². The van der Waals surface area contributed by atoms with Gasteiger partial charge in [0.25, 0.3) is 5.91 Å². The van der Waals surface area contributed by atoms with Gasteiger partial charge in [0, 0.05) is 42.1 Å². The number of hydrogen-bond donors (Lipinski definition) is 0. The van der Waals surface area contributed by atoms with Gasteiger partial charge in [0.2, 0.25) is 0 Å². The highest BCUT2D eigenvalue weighted by Gasteiger charge is 2.22. The predicted molar refractivity (Wildman–Crippen MR) is 117 cm³/mol. The summed E-state index contributed by atoms with van der Waals surface area (Å²) in [7, 11) is 0. The van der Waals surface area contributed by atoms with E-state index in [0.29, 0.717) is 39.9 Å². The fraction of sp³-hybridized carbons (Fsp3) is 0.150. The molecule has 0 radical (unpaired) electrons. The second-order valence-corrected chi connectivity index (χ2v) is 7.80. The first-order valence-electron chi connectivity index (χ1n) is 8.80. The molecule has 0 saturated carbocycles. The minimum atomic E-state index is -0.754. The molecule has 156 valence electrons. The SMILES string of the molecule is Cl.O=C(c1cccc(Cl)c1)N(CCCn1ccnc1)c1nc2c(F)cc(F)cc2s1. The van der Waals surface area contributed by atoms with Crippen molar-refractivity contribution >= 4 is 56.6 Å². The molecule has 30 heavy (non-hydrogen) atoms. The molecule has 0 saturated heterocycles. The number of carbonyl (C=O) groups is 1. The number of halogens is 4. The molecule has 0 bridgehead atoms. The smallest absolute Gasteiger partial charge is 0.260 e. The number of rotatable bonds is 6. The van der Waals surface area contributed by atoms with E-state index in [1.165, 1.54) is 11.0 Å². The highest BCUT2D eigenvalue weighted by atomic mass is 35.5. The summed E-state index contributed by atoms with van der Waals surface area (Å²) in [4.78, 5) is 22.9. The Bertz CT molecular complexity index is 1170. The van der Waals surface area contributed by atoms with Crippen LogP contribution in [0.1, 0.15) is 16.8 Å². The van der Waals surface area contributed by atoms with Gasteiger partial charge in [-0.15, -0.1) is 12.4 Å². The highest BCUT2D eigenvalue weighted by molar-refractivity contribution is 7.22.